The summed E-state index contributed by atoms with van der Waals surface area (Å²) in [5.41, 5.74) is 6.07. The Morgan fingerprint density at radius 3 is 2.71 bits per heavy atom. The Morgan fingerprint density at radius 2 is 2.07 bits per heavy atom. The summed E-state index contributed by atoms with van der Waals surface area (Å²) in [5.74, 6) is 1.52. The minimum atomic E-state index is 0.352. The number of ether oxygens (including phenoxy) is 1. The van der Waals surface area contributed by atoms with E-state index in [2.05, 4.69) is 11.9 Å². The number of hydrogen-bond acceptors (Lipinski definition) is 3. The van der Waals surface area contributed by atoms with Crippen LogP contribution in [0.5, 0.6) is 0 Å². The Kier molecular flexibility index (Phi) is 3.42. The van der Waals surface area contributed by atoms with Crippen molar-refractivity contribution in [3.63, 3.8) is 0 Å². The van der Waals surface area contributed by atoms with Crippen molar-refractivity contribution < 1.29 is 4.74 Å². The lowest BCUT2D eigenvalue weighted by molar-refractivity contribution is 0.0290. The van der Waals surface area contributed by atoms with Gasteiger partial charge in [0, 0.05) is 31.7 Å². The molecule has 2 atom stereocenters. The van der Waals surface area contributed by atoms with Crippen molar-refractivity contribution in [1.29, 1.82) is 0 Å². The second-order valence-electron chi connectivity index (χ2n) is 4.95. The van der Waals surface area contributed by atoms with Gasteiger partial charge >= 0.3 is 0 Å². The van der Waals surface area contributed by atoms with Crippen molar-refractivity contribution in [2.75, 3.05) is 33.4 Å². The number of nitrogens with zero attached hydrogens (tertiary/aromatic N) is 1. The van der Waals surface area contributed by atoms with Crippen molar-refractivity contribution in [1.82, 2.24) is 4.90 Å². The van der Waals surface area contributed by atoms with Crippen LogP contribution < -0.4 is 5.73 Å². The molecule has 2 aliphatic rings. The number of nitrogens with two attached hydrogens (primary N) is 1. The molecule has 2 unspecified atom stereocenters. The Morgan fingerprint density at radius 1 is 1.29 bits per heavy atom. The molecule has 0 bridgehead atoms. The Labute approximate surface area is 86.6 Å². The molecule has 14 heavy (non-hydrogen) atoms. The minimum Gasteiger partial charge on any atom is -0.381 e. The first-order chi connectivity index (χ1) is 6.75. The average Bonchev–Trinajstić information content (AvgIpc) is 2.93. The molecule has 0 spiro atoms. The molecule has 0 amide bonds. The Balaban J connectivity index is 1.70. The molecule has 1 aliphatic carbocycles. The van der Waals surface area contributed by atoms with Gasteiger partial charge in [-0.25, -0.2) is 0 Å². The van der Waals surface area contributed by atoms with Gasteiger partial charge < -0.3 is 15.4 Å². The van der Waals surface area contributed by atoms with Gasteiger partial charge in [-0.1, -0.05) is 0 Å². The summed E-state index contributed by atoms with van der Waals surface area (Å²) < 4.78 is 5.47. The third kappa shape index (κ3) is 2.94. The molecule has 0 radical (unpaired) electrons. The molecule has 1 saturated carbocycles. The minimum absolute atomic E-state index is 0.352. The quantitative estimate of drug-likeness (QED) is 0.722. The topological polar surface area (TPSA) is 38.5 Å². The van der Waals surface area contributed by atoms with Crippen LogP contribution in [0.25, 0.3) is 0 Å². The summed E-state index contributed by atoms with van der Waals surface area (Å²) >= 11 is 0. The van der Waals surface area contributed by atoms with Crippen LogP contribution in [0.3, 0.4) is 0 Å². The summed E-state index contributed by atoms with van der Waals surface area (Å²) in [6, 6.07) is 0.352. The number of hydrogen-bond donors (Lipinski definition) is 1. The van der Waals surface area contributed by atoms with Crippen LogP contribution in [0.15, 0.2) is 0 Å². The maximum atomic E-state index is 6.07. The SMILES string of the molecule is CN(CC1CC1)CC1COCCC1N. The number of rotatable bonds is 4. The molecule has 2 rings (SSSR count). The molecule has 3 nitrogen and oxygen atoms in total. The molecule has 3 heteroatoms. The average molecular weight is 198 g/mol. The fourth-order valence-electron chi connectivity index (χ4n) is 2.22. The van der Waals surface area contributed by atoms with Crippen molar-refractivity contribution in [2.24, 2.45) is 17.6 Å². The lowest BCUT2D eigenvalue weighted by Gasteiger charge is -2.32. The lowest BCUT2D eigenvalue weighted by Crippen LogP contribution is -2.44. The summed E-state index contributed by atoms with van der Waals surface area (Å²) in [6.45, 7) is 4.07. The van der Waals surface area contributed by atoms with E-state index < -0.39 is 0 Å². The third-order valence-electron chi connectivity index (χ3n) is 3.35. The largest absolute Gasteiger partial charge is 0.381 e. The Hall–Kier alpha value is -0.120. The first kappa shape index (κ1) is 10.4. The van der Waals surface area contributed by atoms with E-state index in [0.29, 0.717) is 12.0 Å². The van der Waals surface area contributed by atoms with Crippen LogP contribution in [0.1, 0.15) is 19.3 Å². The van der Waals surface area contributed by atoms with E-state index in [1.54, 1.807) is 0 Å². The summed E-state index contributed by atoms with van der Waals surface area (Å²) in [4.78, 5) is 2.43. The van der Waals surface area contributed by atoms with E-state index in [1.807, 2.05) is 0 Å². The second kappa shape index (κ2) is 4.60. The highest BCUT2D eigenvalue weighted by Crippen LogP contribution is 2.29. The van der Waals surface area contributed by atoms with Gasteiger partial charge in [-0.2, -0.15) is 0 Å². The van der Waals surface area contributed by atoms with Crippen LogP contribution >= 0.6 is 0 Å². The van der Waals surface area contributed by atoms with Gasteiger partial charge in [-0.05, 0) is 32.2 Å². The molecule has 0 aromatic carbocycles. The van der Waals surface area contributed by atoms with E-state index in [4.69, 9.17) is 10.5 Å². The zero-order chi connectivity index (χ0) is 9.97. The zero-order valence-electron chi connectivity index (χ0n) is 9.11. The molecule has 0 aromatic heterocycles. The van der Waals surface area contributed by atoms with Crippen molar-refractivity contribution in [3.05, 3.63) is 0 Å². The highest BCUT2D eigenvalue weighted by molar-refractivity contribution is 4.81. The van der Waals surface area contributed by atoms with Gasteiger partial charge in [0.2, 0.25) is 0 Å². The van der Waals surface area contributed by atoms with Crippen molar-refractivity contribution >= 4 is 0 Å². The standard InChI is InChI=1S/C11H22N2O/c1-13(6-9-2-3-9)7-10-8-14-5-4-11(10)12/h9-11H,2-8,12H2,1H3. The summed E-state index contributed by atoms with van der Waals surface area (Å²) in [6.07, 6.45) is 3.89. The molecule has 1 saturated heterocycles. The van der Waals surface area contributed by atoms with Gasteiger partial charge in [0.15, 0.2) is 0 Å². The molecule has 1 aliphatic heterocycles. The maximum absolute atomic E-state index is 6.07. The predicted octanol–water partition coefficient (Wildman–Crippen LogP) is 0.692. The van der Waals surface area contributed by atoms with Crippen LogP contribution in [0.4, 0.5) is 0 Å². The molecule has 2 fully saturated rings. The van der Waals surface area contributed by atoms with E-state index in [-0.39, 0.29) is 0 Å². The van der Waals surface area contributed by atoms with Gasteiger partial charge in [0.25, 0.3) is 0 Å². The fraction of sp³-hybridized carbons (Fsp3) is 1.00. The van der Waals surface area contributed by atoms with Crippen LogP contribution in [-0.4, -0.2) is 44.3 Å². The third-order valence-corrected chi connectivity index (χ3v) is 3.35. The molecular formula is C11H22N2O. The lowest BCUT2D eigenvalue weighted by atomic mass is 9.96. The Bertz CT molecular complexity index is 182. The van der Waals surface area contributed by atoms with Gasteiger partial charge in [0.1, 0.15) is 0 Å². The van der Waals surface area contributed by atoms with Gasteiger partial charge in [0.05, 0.1) is 6.61 Å². The molecule has 1 heterocycles. The highest BCUT2D eigenvalue weighted by atomic mass is 16.5. The molecule has 0 aromatic rings. The zero-order valence-corrected chi connectivity index (χ0v) is 9.11. The van der Waals surface area contributed by atoms with E-state index >= 15 is 0 Å². The highest BCUT2D eigenvalue weighted by Gasteiger charge is 2.27. The normalized spacial score (nSPS) is 33.6. The summed E-state index contributed by atoms with van der Waals surface area (Å²) in [7, 11) is 2.21. The van der Waals surface area contributed by atoms with Crippen LogP contribution in [-0.2, 0) is 4.74 Å². The first-order valence-electron chi connectivity index (χ1n) is 5.77. The van der Waals surface area contributed by atoms with Crippen molar-refractivity contribution in [2.45, 2.75) is 25.3 Å². The van der Waals surface area contributed by atoms with E-state index in [0.717, 1.165) is 32.1 Å². The van der Waals surface area contributed by atoms with Gasteiger partial charge in [-0.3, -0.25) is 0 Å². The first-order valence-corrected chi connectivity index (χ1v) is 5.77. The fourth-order valence-corrected chi connectivity index (χ4v) is 2.22. The van der Waals surface area contributed by atoms with Gasteiger partial charge in [-0.15, -0.1) is 0 Å². The molecule has 82 valence electrons. The summed E-state index contributed by atoms with van der Waals surface area (Å²) in [5, 5.41) is 0. The van der Waals surface area contributed by atoms with Crippen LogP contribution in [0, 0.1) is 11.8 Å². The second-order valence-corrected chi connectivity index (χ2v) is 4.95. The van der Waals surface area contributed by atoms with E-state index in [1.165, 1.54) is 19.4 Å². The van der Waals surface area contributed by atoms with Crippen molar-refractivity contribution in [3.8, 4) is 0 Å². The maximum Gasteiger partial charge on any atom is 0.0521 e. The molecular weight excluding hydrogens is 176 g/mol. The van der Waals surface area contributed by atoms with Crippen LogP contribution in [0.2, 0.25) is 0 Å². The monoisotopic (exact) mass is 198 g/mol. The molecule has 2 N–H and O–H groups in total. The smallest absolute Gasteiger partial charge is 0.0521 e. The van der Waals surface area contributed by atoms with E-state index in [9.17, 15) is 0 Å². The predicted molar refractivity (Wildman–Crippen MR) is 57.1 cm³/mol.